The van der Waals surface area contributed by atoms with Crippen LogP contribution in [0.5, 0.6) is 5.88 Å². The van der Waals surface area contributed by atoms with Crippen molar-refractivity contribution >= 4 is 34.2 Å². The molecule has 38 heavy (non-hydrogen) atoms. The van der Waals surface area contributed by atoms with Gasteiger partial charge in [-0.05, 0) is 75.9 Å². The van der Waals surface area contributed by atoms with Crippen LogP contribution in [0.2, 0.25) is 0 Å². The lowest BCUT2D eigenvalue weighted by molar-refractivity contribution is 0.0288. The molecule has 0 aliphatic heterocycles. The van der Waals surface area contributed by atoms with Crippen molar-refractivity contribution in [1.29, 1.82) is 0 Å². The molecule has 1 amide bonds. The highest BCUT2D eigenvalue weighted by Gasteiger charge is 2.21. The Labute approximate surface area is 220 Å². The zero-order valence-electron chi connectivity index (χ0n) is 21.5. The third-order valence-corrected chi connectivity index (χ3v) is 6.03. The number of carboxylic acids is 1. The van der Waals surface area contributed by atoms with E-state index in [0.717, 1.165) is 18.5 Å². The maximum atomic E-state index is 12.4. The Hall–Kier alpha value is -4.47. The monoisotopic (exact) mass is 514 g/mol. The normalized spacial score (nSPS) is 11.7. The number of H-pyrrole nitrogens is 1. The van der Waals surface area contributed by atoms with Crippen LogP contribution < -0.4 is 5.48 Å². The number of aromatic hydroxyl groups is 1. The maximum Gasteiger partial charge on any atom is 0.336 e. The molecule has 0 saturated carbocycles. The average Bonchev–Trinajstić information content (AvgIpc) is 3.21. The summed E-state index contributed by atoms with van der Waals surface area (Å²) in [5.41, 5.74) is 6.37. The number of nitrogens with zero attached hydrogens (tertiary/aromatic N) is 2. The number of benzene rings is 3. The van der Waals surface area contributed by atoms with Crippen LogP contribution in [0.4, 0.5) is 5.69 Å². The maximum absolute atomic E-state index is 12.4. The van der Waals surface area contributed by atoms with Crippen LogP contribution in [-0.2, 0) is 4.84 Å². The van der Waals surface area contributed by atoms with E-state index in [-0.39, 0.29) is 17.4 Å². The van der Waals surface area contributed by atoms with Crippen molar-refractivity contribution in [3.05, 3.63) is 94.5 Å². The Bertz CT molecular complexity index is 1470. The Morgan fingerprint density at radius 1 is 1.03 bits per heavy atom. The first-order valence-corrected chi connectivity index (χ1v) is 12.1. The lowest BCUT2D eigenvalue weighted by Gasteiger charge is -2.10. The standard InChI is InChI=1S/C29H30N4O5/c1-18-16-23-24(17-22(18)29(36)37)31-28(35)25(23)26(19-8-5-4-6-9-19)30-21-12-10-20(11-13-21)27(34)32-38-15-7-14-33(2)3/h4-6,8-13,16-17,31,35H,7,14-15H2,1-3H3,(H,32,34)(H,36,37). The SMILES string of the molecule is Cc1cc2c(C(=Nc3ccc(C(=O)NOCCCN(C)C)cc3)c3ccccc3)c(O)[nH]c2cc1C(=O)O. The second-order valence-corrected chi connectivity index (χ2v) is 9.18. The van der Waals surface area contributed by atoms with E-state index < -0.39 is 5.97 Å². The number of aliphatic imine (C=N–C) groups is 1. The van der Waals surface area contributed by atoms with Crippen molar-refractivity contribution < 1.29 is 24.6 Å². The van der Waals surface area contributed by atoms with Crippen LogP contribution >= 0.6 is 0 Å². The minimum atomic E-state index is -1.04. The van der Waals surface area contributed by atoms with Gasteiger partial charge >= 0.3 is 5.97 Å². The van der Waals surface area contributed by atoms with E-state index in [1.807, 2.05) is 49.3 Å². The van der Waals surface area contributed by atoms with E-state index in [0.29, 0.717) is 45.6 Å². The third-order valence-electron chi connectivity index (χ3n) is 6.03. The molecule has 4 aromatic rings. The molecule has 0 saturated heterocycles. The Balaban J connectivity index is 1.66. The molecule has 0 unspecified atom stereocenters. The molecule has 0 radical (unpaired) electrons. The van der Waals surface area contributed by atoms with Gasteiger partial charge in [-0.25, -0.2) is 15.3 Å². The highest BCUT2D eigenvalue weighted by Crippen LogP contribution is 2.33. The molecule has 3 aromatic carbocycles. The summed E-state index contributed by atoms with van der Waals surface area (Å²) in [4.78, 5) is 39.0. The number of hydroxylamine groups is 1. The minimum Gasteiger partial charge on any atom is -0.494 e. The number of hydrogen-bond donors (Lipinski definition) is 4. The van der Waals surface area contributed by atoms with Gasteiger partial charge in [0.2, 0.25) is 0 Å². The van der Waals surface area contributed by atoms with Gasteiger partial charge in [-0.15, -0.1) is 0 Å². The van der Waals surface area contributed by atoms with Gasteiger partial charge in [0.15, 0.2) is 5.88 Å². The summed E-state index contributed by atoms with van der Waals surface area (Å²) < 4.78 is 0. The topological polar surface area (TPSA) is 127 Å². The summed E-state index contributed by atoms with van der Waals surface area (Å²) in [7, 11) is 3.95. The van der Waals surface area contributed by atoms with Gasteiger partial charge in [0.05, 0.1) is 29.1 Å². The van der Waals surface area contributed by atoms with Crippen LogP contribution in [-0.4, -0.2) is 64.9 Å². The van der Waals surface area contributed by atoms with Crippen molar-refractivity contribution in [2.75, 3.05) is 27.2 Å². The fraction of sp³-hybridized carbons (Fsp3) is 0.207. The highest BCUT2D eigenvalue weighted by molar-refractivity contribution is 6.22. The molecule has 9 heteroatoms. The second kappa shape index (κ2) is 11.7. The van der Waals surface area contributed by atoms with Crippen molar-refractivity contribution in [2.45, 2.75) is 13.3 Å². The molecule has 4 N–H and O–H groups in total. The predicted molar refractivity (Wildman–Crippen MR) is 146 cm³/mol. The lowest BCUT2D eigenvalue weighted by atomic mass is 9.98. The van der Waals surface area contributed by atoms with Gasteiger partial charge in [0, 0.05) is 22.0 Å². The highest BCUT2D eigenvalue weighted by atomic mass is 16.6. The molecular weight excluding hydrogens is 484 g/mol. The van der Waals surface area contributed by atoms with E-state index >= 15 is 0 Å². The number of carbonyl (C=O) groups is 2. The number of aryl methyl sites for hydroxylation is 1. The number of fused-ring (bicyclic) bond motifs is 1. The van der Waals surface area contributed by atoms with Crippen LogP contribution in [0.3, 0.4) is 0 Å². The second-order valence-electron chi connectivity index (χ2n) is 9.18. The first-order valence-electron chi connectivity index (χ1n) is 12.1. The van der Waals surface area contributed by atoms with Crippen LogP contribution in [0.15, 0.2) is 71.7 Å². The molecule has 9 nitrogen and oxygen atoms in total. The number of rotatable bonds is 10. The Morgan fingerprint density at radius 2 is 1.74 bits per heavy atom. The Kier molecular flexibility index (Phi) is 8.20. The fourth-order valence-electron chi connectivity index (χ4n) is 4.11. The number of aromatic amines is 1. The van der Waals surface area contributed by atoms with Crippen LogP contribution in [0, 0.1) is 6.92 Å². The number of hydrogen-bond acceptors (Lipinski definition) is 6. The average molecular weight is 515 g/mol. The molecule has 0 bridgehead atoms. The van der Waals surface area contributed by atoms with Gasteiger partial charge in [0.1, 0.15) is 0 Å². The van der Waals surface area contributed by atoms with E-state index in [9.17, 15) is 19.8 Å². The fourth-order valence-corrected chi connectivity index (χ4v) is 4.11. The van der Waals surface area contributed by atoms with Crippen molar-refractivity contribution in [3.8, 4) is 5.88 Å². The van der Waals surface area contributed by atoms with E-state index in [1.54, 1.807) is 37.3 Å². The number of amides is 1. The molecule has 0 fully saturated rings. The quantitative estimate of drug-likeness (QED) is 0.138. The summed E-state index contributed by atoms with van der Waals surface area (Å²) in [5, 5.41) is 21.0. The molecule has 4 rings (SSSR count). The number of carbonyl (C=O) groups excluding carboxylic acids is 1. The van der Waals surface area contributed by atoms with Gasteiger partial charge in [-0.1, -0.05) is 30.3 Å². The first kappa shape index (κ1) is 26.6. The molecule has 196 valence electrons. The van der Waals surface area contributed by atoms with E-state index in [2.05, 4.69) is 10.5 Å². The molecule has 0 aliphatic rings. The van der Waals surface area contributed by atoms with Crippen molar-refractivity contribution in [3.63, 3.8) is 0 Å². The van der Waals surface area contributed by atoms with Crippen LogP contribution in [0.1, 0.15) is 43.8 Å². The van der Waals surface area contributed by atoms with E-state index in [4.69, 9.17) is 9.83 Å². The largest absolute Gasteiger partial charge is 0.494 e. The van der Waals surface area contributed by atoms with Crippen molar-refractivity contribution in [2.24, 2.45) is 4.99 Å². The zero-order chi connectivity index (χ0) is 27.2. The zero-order valence-corrected chi connectivity index (χ0v) is 21.5. The van der Waals surface area contributed by atoms with Gasteiger partial charge in [-0.2, -0.15) is 0 Å². The third kappa shape index (κ3) is 6.08. The molecule has 0 atom stereocenters. The van der Waals surface area contributed by atoms with E-state index in [1.165, 1.54) is 6.07 Å². The molecule has 0 spiro atoms. The predicted octanol–water partition coefficient (Wildman–Crippen LogP) is 4.66. The number of carboxylic acid groups (broad SMARTS) is 1. The summed E-state index contributed by atoms with van der Waals surface area (Å²) >= 11 is 0. The van der Waals surface area contributed by atoms with Crippen molar-refractivity contribution in [1.82, 2.24) is 15.4 Å². The minimum absolute atomic E-state index is 0.119. The summed E-state index contributed by atoms with van der Waals surface area (Å²) in [6.07, 6.45) is 0.793. The first-order chi connectivity index (χ1) is 18.2. The lowest BCUT2D eigenvalue weighted by Crippen LogP contribution is -2.25. The van der Waals surface area contributed by atoms with Crippen LogP contribution in [0.25, 0.3) is 10.9 Å². The Morgan fingerprint density at radius 3 is 2.39 bits per heavy atom. The van der Waals surface area contributed by atoms with Gasteiger partial charge in [0.25, 0.3) is 5.91 Å². The molecule has 1 aromatic heterocycles. The number of aromatic nitrogens is 1. The summed E-state index contributed by atoms with van der Waals surface area (Å²) in [5.74, 6) is -1.51. The number of aromatic carboxylic acids is 1. The van der Waals surface area contributed by atoms with Gasteiger partial charge in [-0.3, -0.25) is 9.63 Å². The molecule has 0 aliphatic carbocycles. The number of nitrogens with one attached hydrogen (secondary N) is 2. The summed E-state index contributed by atoms with van der Waals surface area (Å²) in [6.45, 7) is 2.98. The van der Waals surface area contributed by atoms with Gasteiger partial charge < -0.3 is 20.1 Å². The molecule has 1 heterocycles. The molecular formula is C29H30N4O5. The summed E-state index contributed by atoms with van der Waals surface area (Å²) in [6, 6.07) is 19.4. The smallest absolute Gasteiger partial charge is 0.336 e.